The Kier molecular flexibility index (Phi) is 10.8. The molecule has 80 valence electrons. The van der Waals surface area contributed by atoms with Gasteiger partial charge < -0.3 is 9.47 Å². The lowest BCUT2D eigenvalue weighted by atomic mass is 10.2. The van der Waals surface area contributed by atoms with Gasteiger partial charge in [0, 0.05) is 31.8 Å². The van der Waals surface area contributed by atoms with E-state index in [0.29, 0.717) is 4.83 Å². The van der Waals surface area contributed by atoms with Gasteiger partial charge in [0.25, 0.3) is 0 Å². The number of alkyl halides is 1. The molecule has 0 amide bonds. The molecule has 0 radical (unpaired) electrons. The molecule has 0 rings (SSSR count). The molecule has 0 N–H and O–H groups in total. The molecule has 13 heavy (non-hydrogen) atoms. The van der Waals surface area contributed by atoms with E-state index < -0.39 is 0 Å². The maximum atomic E-state index is 5.43. The van der Waals surface area contributed by atoms with Gasteiger partial charge in [0.2, 0.25) is 0 Å². The van der Waals surface area contributed by atoms with Crippen LogP contribution < -0.4 is 0 Å². The molecule has 0 aliphatic rings. The molecule has 2 nitrogen and oxygen atoms in total. The lowest BCUT2D eigenvalue weighted by Gasteiger charge is -2.06. The number of hydrogen-bond donors (Lipinski definition) is 0. The van der Waals surface area contributed by atoms with E-state index >= 15 is 0 Å². The van der Waals surface area contributed by atoms with Crippen LogP contribution in [0.2, 0.25) is 0 Å². The van der Waals surface area contributed by atoms with Crippen LogP contribution in [0.1, 0.15) is 32.6 Å². The standard InChI is InChI=1S/C10H21BrO2/c1-3-10(11)6-4-8-13-9-5-7-12-2/h10H,3-9H2,1-2H3. The van der Waals surface area contributed by atoms with Crippen molar-refractivity contribution in [1.29, 1.82) is 0 Å². The monoisotopic (exact) mass is 252 g/mol. The van der Waals surface area contributed by atoms with Crippen LogP contribution in [0.3, 0.4) is 0 Å². The minimum Gasteiger partial charge on any atom is -0.385 e. The predicted octanol–water partition coefficient (Wildman–Crippen LogP) is 2.99. The van der Waals surface area contributed by atoms with Crippen LogP contribution in [0.5, 0.6) is 0 Å². The summed E-state index contributed by atoms with van der Waals surface area (Å²) in [5, 5.41) is 0. The zero-order chi connectivity index (χ0) is 9.94. The van der Waals surface area contributed by atoms with Crippen LogP contribution in [0.25, 0.3) is 0 Å². The van der Waals surface area contributed by atoms with Gasteiger partial charge in [-0.15, -0.1) is 0 Å². The highest BCUT2D eigenvalue weighted by molar-refractivity contribution is 9.09. The number of rotatable bonds is 9. The van der Waals surface area contributed by atoms with Gasteiger partial charge in [-0.3, -0.25) is 0 Å². The van der Waals surface area contributed by atoms with E-state index in [4.69, 9.17) is 9.47 Å². The smallest absolute Gasteiger partial charge is 0.0487 e. The van der Waals surface area contributed by atoms with Gasteiger partial charge in [0.15, 0.2) is 0 Å². The SMILES string of the molecule is CCC(Br)CCCOCCCOC. The van der Waals surface area contributed by atoms with Crippen molar-refractivity contribution in [2.45, 2.75) is 37.4 Å². The van der Waals surface area contributed by atoms with Gasteiger partial charge in [0.05, 0.1) is 0 Å². The summed E-state index contributed by atoms with van der Waals surface area (Å²) in [4.78, 5) is 0.662. The molecule has 1 unspecified atom stereocenters. The van der Waals surface area contributed by atoms with E-state index in [1.807, 2.05) is 0 Å². The van der Waals surface area contributed by atoms with E-state index in [9.17, 15) is 0 Å². The third-order valence-electron chi connectivity index (χ3n) is 1.89. The first-order valence-corrected chi connectivity index (χ1v) is 5.93. The Hall–Kier alpha value is 0.400. The van der Waals surface area contributed by atoms with Crippen molar-refractivity contribution in [2.75, 3.05) is 26.9 Å². The molecule has 0 aromatic rings. The number of ether oxygens (including phenoxy) is 2. The van der Waals surface area contributed by atoms with Crippen LogP contribution >= 0.6 is 15.9 Å². The molecular formula is C10H21BrO2. The average Bonchev–Trinajstić information content (AvgIpc) is 2.16. The van der Waals surface area contributed by atoms with E-state index in [-0.39, 0.29) is 0 Å². The molecule has 0 fully saturated rings. The Morgan fingerprint density at radius 1 is 1.15 bits per heavy atom. The molecule has 0 aromatic carbocycles. The molecular weight excluding hydrogens is 232 g/mol. The summed E-state index contributed by atoms with van der Waals surface area (Å²) in [6.45, 7) is 4.70. The molecule has 3 heteroatoms. The minimum absolute atomic E-state index is 0.662. The van der Waals surface area contributed by atoms with Crippen molar-refractivity contribution >= 4 is 15.9 Å². The van der Waals surface area contributed by atoms with Crippen molar-refractivity contribution in [3.63, 3.8) is 0 Å². The van der Waals surface area contributed by atoms with Gasteiger partial charge in [-0.25, -0.2) is 0 Å². The van der Waals surface area contributed by atoms with Crippen molar-refractivity contribution in [1.82, 2.24) is 0 Å². The second kappa shape index (κ2) is 10.5. The molecule has 0 aromatic heterocycles. The summed E-state index contributed by atoms with van der Waals surface area (Å²) >= 11 is 3.60. The molecule has 0 heterocycles. The lowest BCUT2D eigenvalue weighted by Crippen LogP contribution is -2.03. The molecule has 0 saturated heterocycles. The van der Waals surface area contributed by atoms with Crippen molar-refractivity contribution in [2.24, 2.45) is 0 Å². The summed E-state index contributed by atoms with van der Waals surface area (Å²) in [5.74, 6) is 0. The summed E-state index contributed by atoms with van der Waals surface area (Å²) in [5.41, 5.74) is 0. The van der Waals surface area contributed by atoms with Crippen molar-refractivity contribution < 1.29 is 9.47 Å². The number of hydrogen-bond acceptors (Lipinski definition) is 2. The Labute approximate surface area is 90.1 Å². The fourth-order valence-corrected chi connectivity index (χ4v) is 1.34. The quantitative estimate of drug-likeness (QED) is 0.464. The number of halogens is 1. The van der Waals surface area contributed by atoms with E-state index in [2.05, 4.69) is 22.9 Å². The zero-order valence-electron chi connectivity index (χ0n) is 8.72. The van der Waals surface area contributed by atoms with Gasteiger partial charge in [0.1, 0.15) is 0 Å². The topological polar surface area (TPSA) is 18.5 Å². The highest BCUT2D eigenvalue weighted by Crippen LogP contribution is 2.11. The molecule has 0 bridgehead atoms. The zero-order valence-corrected chi connectivity index (χ0v) is 10.3. The molecule has 1 atom stereocenters. The fourth-order valence-electron chi connectivity index (χ4n) is 1.02. The van der Waals surface area contributed by atoms with Gasteiger partial charge in [-0.05, 0) is 25.7 Å². The second-order valence-corrected chi connectivity index (χ2v) is 4.40. The fraction of sp³-hybridized carbons (Fsp3) is 1.00. The molecule has 0 saturated carbocycles. The van der Waals surface area contributed by atoms with E-state index in [0.717, 1.165) is 32.7 Å². The van der Waals surface area contributed by atoms with Crippen LogP contribution in [0.4, 0.5) is 0 Å². The third-order valence-corrected chi connectivity index (χ3v) is 2.99. The van der Waals surface area contributed by atoms with Gasteiger partial charge in [-0.2, -0.15) is 0 Å². The Balaban J connectivity index is 2.91. The highest BCUT2D eigenvalue weighted by atomic mass is 79.9. The first-order valence-electron chi connectivity index (χ1n) is 5.02. The molecule has 0 spiro atoms. The largest absolute Gasteiger partial charge is 0.385 e. The van der Waals surface area contributed by atoms with Gasteiger partial charge >= 0.3 is 0 Å². The van der Waals surface area contributed by atoms with Gasteiger partial charge in [-0.1, -0.05) is 22.9 Å². The Morgan fingerprint density at radius 2 is 1.85 bits per heavy atom. The third kappa shape index (κ3) is 10.3. The molecule has 0 aliphatic heterocycles. The highest BCUT2D eigenvalue weighted by Gasteiger charge is 1.99. The van der Waals surface area contributed by atoms with Crippen molar-refractivity contribution in [3.8, 4) is 0 Å². The summed E-state index contributed by atoms with van der Waals surface area (Å²) in [6, 6.07) is 0. The maximum absolute atomic E-state index is 5.43. The molecule has 0 aliphatic carbocycles. The average molecular weight is 253 g/mol. The Morgan fingerprint density at radius 3 is 2.46 bits per heavy atom. The van der Waals surface area contributed by atoms with Crippen LogP contribution in [-0.4, -0.2) is 31.8 Å². The predicted molar refractivity (Wildman–Crippen MR) is 59.6 cm³/mol. The normalized spacial score (nSPS) is 13.2. The van der Waals surface area contributed by atoms with Crippen molar-refractivity contribution in [3.05, 3.63) is 0 Å². The second-order valence-electron chi connectivity index (χ2n) is 3.11. The lowest BCUT2D eigenvalue weighted by molar-refractivity contribution is 0.100. The number of methoxy groups -OCH3 is 1. The summed E-state index contributed by atoms with van der Waals surface area (Å²) in [7, 11) is 1.72. The summed E-state index contributed by atoms with van der Waals surface area (Å²) in [6.07, 6.45) is 4.56. The van der Waals surface area contributed by atoms with Crippen LogP contribution in [0, 0.1) is 0 Å². The summed E-state index contributed by atoms with van der Waals surface area (Å²) < 4.78 is 10.3. The first kappa shape index (κ1) is 13.4. The first-order chi connectivity index (χ1) is 6.31. The minimum atomic E-state index is 0.662. The Bertz CT molecular complexity index is 98.9. The van der Waals surface area contributed by atoms with E-state index in [1.165, 1.54) is 12.8 Å². The van der Waals surface area contributed by atoms with E-state index in [1.54, 1.807) is 7.11 Å². The maximum Gasteiger partial charge on any atom is 0.0487 e. The van der Waals surface area contributed by atoms with Crippen LogP contribution in [0.15, 0.2) is 0 Å². The van der Waals surface area contributed by atoms with Crippen LogP contribution in [-0.2, 0) is 9.47 Å².